The van der Waals surface area contributed by atoms with Gasteiger partial charge in [0.15, 0.2) is 0 Å². The quantitative estimate of drug-likeness (QED) is 0.629. The van der Waals surface area contributed by atoms with Crippen LogP contribution < -0.4 is 0 Å². The van der Waals surface area contributed by atoms with Crippen LogP contribution in [0, 0.1) is 5.92 Å². The molecule has 0 aromatic rings. The van der Waals surface area contributed by atoms with Gasteiger partial charge in [-0.25, -0.2) is 0 Å². The van der Waals surface area contributed by atoms with Crippen LogP contribution in [-0.4, -0.2) is 10.6 Å². The molecule has 1 aliphatic rings. The molecule has 1 rings (SSSR count). The first-order valence-electron chi connectivity index (χ1n) is 3.58. The van der Waals surface area contributed by atoms with Gasteiger partial charge in [-0.3, -0.25) is 4.79 Å². The molecule has 4 heteroatoms. The van der Waals surface area contributed by atoms with E-state index in [0.29, 0.717) is 19.3 Å². The third kappa shape index (κ3) is 2.51. The van der Waals surface area contributed by atoms with Crippen LogP contribution in [0.5, 0.6) is 0 Å². The van der Waals surface area contributed by atoms with E-state index in [4.69, 9.17) is 0 Å². The predicted octanol–water partition coefficient (Wildman–Crippen LogP) is 2.73. The fraction of sp³-hybridized carbons (Fsp3) is 0.857. The molecule has 1 unspecified atom stereocenters. The summed E-state index contributed by atoms with van der Waals surface area (Å²) in [5, 5.41) is 0. The number of carbonyl (C=O) groups excluding carboxylic acids is 1. The topological polar surface area (TPSA) is 17.1 Å². The van der Waals surface area contributed by atoms with Crippen molar-refractivity contribution >= 4 is 21.7 Å². The number of halogens is 3. The van der Waals surface area contributed by atoms with Crippen LogP contribution in [0.3, 0.4) is 0 Å². The Kier molecular flexibility index (Phi) is 2.62. The Hall–Kier alpha value is 0.01000. The molecule has 0 spiro atoms. The molecule has 1 saturated carbocycles. The molecule has 0 aromatic heterocycles. The summed E-state index contributed by atoms with van der Waals surface area (Å²) in [5.41, 5.74) is 0. The van der Waals surface area contributed by atoms with Crippen LogP contribution in [0.25, 0.3) is 0 Å². The van der Waals surface area contributed by atoms with E-state index in [0.717, 1.165) is 0 Å². The Morgan fingerprint density at radius 1 is 1.55 bits per heavy atom. The number of alkyl halides is 3. The zero-order chi connectivity index (χ0) is 8.48. The van der Waals surface area contributed by atoms with E-state index in [1.807, 2.05) is 0 Å². The van der Waals surface area contributed by atoms with Crippen molar-refractivity contribution in [2.45, 2.75) is 30.5 Å². The highest BCUT2D eigenvalue weighted by molar-refractivity contribution is 9.10. The van der Waals surface area contributed by atoms with Crippen molar-refractivity contribution in [2.75, 3.05) is 0 Å². The lowest BCUT2D eigenvalue weighted by molar-refractivity contribution is -0.124. The van der Waals surface area contributed by atoms with Crippen molar-refractivity contribution in [2.24, 2.45) is 5.92 Å². The van der Waals surface area contributed by atoms with Crippen LogP contribution in [0.1, 0.15) is 25.7 Å². The van der Waals surface area contributed by atoms with Gasteiger partial charge in [0, 0.05) is 18.8 Å². The molecule has 0 radical (unpaired) electrons. The summed E-state index contributed by atoms with van der Waals surface area (Å²) >= 11 is 2.28. The number of ketones is 1. The minimum Gasteiger partial charge on any atom is -0.300 e. The largest absolute Gasteiger partial charge is 0.304 e. The average Bonchev–Trinajstić information content (AvgIpc) is 1.86. The maximum absolute atomic E-state index is 12.5. The van der Waals surface area contributed by atoms with Crippen LogP contribution >= 0.6 is 15.9 Å². The molecular formula is C7H9BrF2O. The van der Waals surface area contributed by atoms with E-state index in [9.17, 15) is 13.6 Å². The van der Waals surface area contributed by atoms with Gasteiger partial charge in [-0.2, -0.15) is 8.78 Å². The van der Waals surface area contributed by atoms with Gasteiger partial charge < -0.3 is 0 Å². The maximum atomic E-state index is 12.5. The SMILES string of the molecule is O=C1CCCC(C(F)(F)Br)C1. The van der Waals surface area contributed by atoms with Crippen molar-refractivity contribution in [3.63, 3.8) is 0 Å². The third-order valence-corrected chi connectivity index (χ3v) is 2.59. The summed E-state index contributed by atoms with van der Waals surface area (Å²) in [5.74, 6) is -0.830. The summed E-state index contributed by atoms with van der Waals surface area (Å²) in [6.45, 7) is 0. The van der Waals surface area contributed by atoms with Crippen molar-refractivity contribution < 1.29 is 13.6 Å². The third-order valence-electron chi connectivity index (χ3n) is 1.95. The van der Waals surface area contributed by atoms with Gasteiger partial charge in [0.25, 0.3) is 0 Å². The normalized spacial score (nSPS) is 27.2. The first-order chi connectivity index (χ1) is 5.00. The number of carbonyl (C=O) groups is 1. The maximum Gasteiger partial charge on any atom is 0.304 e. The molecule has 0 saturated heterocycles. The van der Waals surface area contributed by atoms with E-state index in [2.05, 4.69) is 15.9 Å². The first kappa shape index (κ1) is 9.10. The zero-order valence-electron chi connectivity index (χ0n) is 5.95. The van der Waals surface area contributed by atoms with Crippen LogP contribution in [0.4, 0.5) is 8.78 Å². The average molecular weight is 227 g/mol. The summed E-state index contributed by atoms with van der Waals surface area (Å²) < 4.78 is 25.1. The van der Waals surface area contributed by atoms with Crippen molar-refractivity contribution in [3.05, 3.63) is 0 Å². The summed E-state index contributed by atoms with van der Waals surface area (Å²) in [4.78, 5) is 7.91. The molecule has 1 atom stereocenters. The van der Waals surface area contributed by atoms with Gasteiger partial charge in [0.1, 0.15) is 5.78 Å². The number of Topliss-reactive ketones (excluding diaryl/α,β-unsaturated/α-hetero) is 1. The molecule has 1 fully saturated rings. The minimum absolute atomic E-state index is 0.0260. The molecule has 1 aliphatic carbocycles. The lowest BCUT2D eigenvalue weighted by Gasteiger charge is -2.24. The molecule has 0 aliphatic heterocycles. The lowest BCUT2D eigenvalue weighted by atomic mass is 9.89. The van der Waals surface area contributed by atoms with Crippen molar-refractivity contribution in [3.8, 4) is 0 Å². The molecular weight excluding hydrogens is 218 g/mol. The van der Waals surface area contributed by atoms with E-state index in [1.165, 1.54) is 0 Å². The highest BCUT2D eigenvalue weighted by Crippen LogP contribution is 2.39. The van der Waals surface area contributed by atoms with Crippen molar-refractivity contribution in [1.82, 2.24) is 0 Å². The van der Waals surface area contributed by atoms with Crippen molar-refractivity contribution in [1.29, 1.82) is 0 Å². The smallest absolute Gasteiger partial charge is 0.300 e. The highest BCUT2D eigenvalue weighted by atomic mass is 79.9. The Labute approximate surface area is 72.3 Å². The highest BCUT2D eigenvalue weighted by Gasteiger charge is 2.38. The van der Waals surface area contributed by atoms with Gasteiger partial charge in [0.2, 0.25) is 0 Å². The second-order valence-corrected chi connectivity index (χ2v) is 3.93. The molecule has 64 valence electrons. The molecule has 0 bridgehead atoms. The Morgan fingerprint density at radius 2 is 2.18 bits per heavy atom. The molecule has 0 amide bonds. The van der Waals surface area contributed by atoms with Gasteiger partial charge in [-0.15, -0.1) is 0 Å². The van der Waals surface area contributed by atoms with Crippen LogP contribution in [0.15, 0.2) is 0 Å². The fourth-order valence-corrected chi connectivity index (χ4v) is 1.69. The van der Waals surface area contributed by atoms with Gasteiger partial charge in [-0.1, -0.05) is 0 Å². The van der Waals surface area contributed by atoms with Crippen LogP contribution in [0.2, 0.25) is 0 Å². The number of rotatable bonds is 1. The lowest BCUT2D eigenvalue weighted by Crippen LogP contribution is -2.27. The summed E-state index contributed by atoms with van der Waals surface area (Å²) in [6, 6.07) is 0. The summed E-state index contributed by atoms with van der Waals surface area (Å²) in [7, 11) is 0. The Balaban J connectivity index is 2.53. The van der Waals surface area contributed by atoms with E-state index in [1.54, 1.807) is 0 Å². The standard InChI is InChI=1S/C7H9BrF2O/c8-7(9,10)5-2-1-3-6(11)4-5/h5H,1-4H2. The fourth-order valence-electron chi connectivity index (χ4n) is 1.30. The molecule has 0 N–H and O–H groups in total. The number of hydrogen-bond donors (Lipinski definition) is 0. The predicted molar refractivity (Wildman–Crippen MR) is 40.8 cm³/mol. The number of hydrogen-bond acceptors (Lipinski definition) is 1. The Bertz CT molecular complexity index is 164. The summed E-state index contributed by atoms with van der Waals surface area (Å²) in [6.07, 6.45) is 1.55. The molecule has 0 heterocycles. The van der Waals surface area contributed by atoms with Gasteiger partial charge >= 0.3 is 4.83 Å². The second kappa shape index (κ2) is 3.17. The zero-order valence-corrected chi connectivity index (χ0v) is 7.53. The Morgan fingerprint density at radius 3 is 2.55 bits per heavy atom. The van der Waals surface area contributed by atoms with Gasteiger partial charge in [-0.05, 0) is 28.8 Å². The molecule has 0 aromatic carbocycles. The van der Waals surface area contributed by atoms with E-state index < -0.39 is 10.7 Å². The second-order valence-electron chi connectivity index (χ2n) is 2.87. The minimum atomic E-state index is -2.86. The van der Waals surface area contributed by atoms with E-state index >= 15 is 0 Å². The first-order valence-corrected chi connectivity index (χ1v) is 4.38. The molecule has 11 heavy (non-hydrogen) atoms. The van der Waals surface area contributed by atoms with Crippen LogP contribution in [-0.2, 0) is 4.79 Å². The van der Waals surface area contributed by atoms with E-state index in [-0.39, 0.29) is 12.2 Å². The monoisotopic (exact) mass is 226 g/mol. The molecule has 1 nitrogen and oxygen atoms in total. The van der Waals surface area contributed by atoms with Gasteiger partial charge in [0.05, 0.1) is 0 Å².